The van der Waals surface area contributed by atoms with Crippen molar-refractivity contribution in [1.29, 1.82) is 0 Å². The van der Waals surface area contributed by atoms with Crippen LogP contribution in [-0.2, 0) is 6.42 Å². The summed E-state index contributed by atoms with van der Waals surface area (Å²) in [5.41, 5.74) is 15.2. The number of para-hydroxylation sites is 3. The Kier molecular flexibility index (Phi) is 7.68. The number of hydrogen-bond acceptors (Lipinski definition) is 2. The summed E-state index contributed by atoms with van der Waals surface area (Å²) in [6.07, 6.45) is 4.34. The third-order valence-electron chi connectivity index (χ3n) is 9.79. The largest absolute Gasteiger partial charge is 0.455 e. The summed E-state index contributed by atoms with van der Waals surface area (Å²) < 4.78 is 6.71. The Morgan fingerprint density at radius 1 is 0.400 bits per heavy atom. The van der Waals surface area contributed by atoms with E-state index in [9.17, 15) is 0 Å². The predicted molar refractivity (Wildman–Crippen MR) is 209 cm³/mol. The zero-order valence-corrected chi connectivity index (χ0v) is 27.7. The highest BCUT2D eigenvalue weighted by Crippen LogP contribution is 2.42. The smallest absolute Gasteiger partial charge is 0.142 e. The molecule has 9 rings (SSSR count). The van der Waals surface area contributed by atoms with E-state index in [-0.39, 0.29) is 0 Å². The third-order valence-corrected chi connectivity index (χ3v) is 9.79. The molecule has 0 bridgehead atoms. The van der Waals surface area contributed by atoms with Gasteiger partial charge in [-0.25, -0.2) is 0 Å². The SMILES string of the molecule is C1=C(c2ccccc2)c2oc3c(-c4ccc(-c5ccc(-c6ccc(N(c7ccccc7)c7ccccc7)cc6)cc5)cc4)cccc3c2CC1. The van der Waals surface area contributed by atoms with Crippen molar-refractivity contribution >= 4 is 33.6 Å². The van der Waals surface area contributed by atoms with Crippen molar-refractivity contribution in [2.45, 2.75) is 12.8 Å². The number of furan rings is 1. The second-order valence-corrected chi connectivity index (χ2v) is 12.8. The molecule has 7 aromatic carbocycles. The van der Waals surface area contributed by atoms with Crippen molar-refractivity contribution in [3.05, 3.63) is 205 Å². The van der Waals surface area contributed by atoms with Crippen molar-refractivity contribution in [2.24, 2.45) is 0 Å². The standard InChI is InChI=1S/C48H35NO/c1-4-12-38(13-5-1)43-18-10-20-45-46-21-11-19-44(48(46)50-47(43)45)39-28-26-36(27-29-39)34-22-24-35(25-23-34)37-30-32-42(33-31-37)49(40-14-6-2-7-15-40)41-16-8-3-9-17-41/h1-9,11-19,21-33H,10,20H2. The van der Waals surface area contributed by atoms with Crippen LogP contribution in [0.15, 0.2) is 192 Å². The molecule has 0 amide bonds. The molecule has 0 atom stereocenters. The first-order chi connectivity index (χ1) is 24.8. The van der Waals surface area contributed by atoms with E-state index in [0.29, 0.717) is 0 Å². The van der Waals surface area contributed by atoms with Crippen molar-refractivity contribution in [3.8, 4) is 33.4 Å². The van der Waals surface area contributed by atoms with Crippen LogP contribution in [0.5, 0.6) is 0 Å². The van der Waals surface area contributed by atoms with E-state index in [1.165, 1.54) is 44.3 Å². The molecule has 2 nitrogen and oxygen atoms in total. The van der Waals surface area contributed by atoms with Crippen LogP contribution in [0.25, 0.3) is 49.9 Å². The lowest BCUT2D eigenvalue weighted by atomic mass is 9.91. The van der Waals surface area contributed by atoms with E-state index in [4.69, 9.17) is 4.42 Å². The maximum Gasteiger partial charge on any atom is 0.142 e. The quantitative estimate of drug-likeness (QED) is 0.172. The Balaban J connectivity index is 0.966. The van der Waals surface area contributed by atoms with Gasteiger partial charge in [-0.3, -0.25) is 0 Å². The molecule has 0 saturated carbocycles. The zero-order chi connectivity index (χ0) is 33.3. The average molecular weight is 642 g/mol. The first-order valence-electron chi connectivity index (χ1n) is 17.3. The van der Waals surface area contributed by atoms with Crippen LogP contribution in [0.4, 0.5) is 17.1 Å². The van der Waals surface area contributed by atoms with Crippen molar-refractivity contribution < 1.29 is 4.42 Å². The summed E-state index contributed by atoms with van der Waals surface area (Å²) >= 11 is 0. The monoisotopic (exact) mass is 641 g/mol. The predicted octanol–water partition coefficient (Wildman–Crippen LogP) is 13.3. The van der Waals surface area contributed by atoms with E-state index >= 15 is 0 Å². The van der Waals surface area contributed by atoms with Gasteiger partial charge in [-0.1, -0.05) is 152 Å². The highest BCUT2D eigenvalue weighted by molar-refractivity contribution is 5.99. The molecule has 238 valence electrons. The molecule has 1 aliphatic rings. The summed E-state index contributed by atoms with van der Waals surface area (Å²) in [6.45, 7) is 0. The number of benzene rings is 7. The summed E-state index contributed by atoms with van der Waals surface area (Å²) in [5, 5.41) is 1.22. The molecular formula is C48H35NO. The first-order valence-corrected chi connectivity index (χ1v) is 17.3. The molecule has 0 saturated heterocycles. The number of rotatable bonds is 7. The fourth-order valence-electron chi connectivity index (χ4n) is 7.29. The molecule has 0 spiro atoms. The Morgan fingerprint density at radius 3 is 1.44 bits per heavy atom. The fraction of sp³-hybridized carbons (Fsp3) is 0.0417. The molecule has 50 heavy (non-hydrogen) atoms. The Bertz CT molecular complexity index is 2380. The Hall–Kier alpha value is -6.38. The van der Waals surface area contributed by atoms with E-state index < -0.39 is 0 Å². The van der Waals surface area contributed by atoms with Gasteiger partial charge in [-0.15, -0.1) is 0 Å². The molecule has 1 heterocycles. The average Bonchev–Trinajstić information content (AvgIpc) is 3.59. The first kappa shape index (κ1) is 29.7. The number of fused-ring (bicyclic) bond motifs is 3. The minimum Gasteiger partial charge on any atom is -0.455 e. The molecule has 0 radical (unpaired) electrons. The molecule has 2 heteroatoms. The van der Waals surface area contributed by atoms with E-state index in [2.05, 4.69) is 193 Å². The van der Waals surface area contributed by atoms with Crippen LogP contribution in [0, 0.1) is 0 Å². The molecule has 0 N–H and O–H groups in total. The van der Waals surface area contributed by atoms with Crippen LogP contribution >= 0.6 is 0 Å². The molecule has 8 aromatic rings. The normalized spacial score (nSPS) is 12.4. The van der Waals surface area contributed by atoms with Crippen LogP contribution in [0.1, 0.15) is 23.3 Å². The lowest BCUT2D eigenvalue weighted by Gasteiger charge is -2.25. The second kappa shape index (κ2) is 12.9. The van der Waals surface area contributed by atoms with Gasteiger partial charge in [0.2, 0.25) is 0 Å². The van der Waals surface area contributed by atoms with Crippen LogP contribution in [-0.4, -0.2) is 0 Å². The third kappa shape index (κ3) is 5.51. The molecule has 0 unspecified atom stereocenters. The maximum atomic E-state index is 6.71. The van der Waals surface area contributed by atoms with Gasteiger partial charge in [0, 0.05) is 39.1 Å². The van der Waals surface area contributed by atoms with Crippen molar-refractivity contribution in [1.82, 2.24) is 0 Å². The van der Waals surface area contributed by atoms with Gasteiger partial charge < -0.3 is 9.32 Å². The van der Waals surface area contributed by atoms with E-state index in [0.717, 1.165) is 52.4 Å². The van der Waals surface area contributed by atoms with Crippen LogP contribution in [0.3, 0.4) is 0 Å². The summed E-state index contributed by atoms with van der Waals surface area (Å²) in [6, 6.07) is 64.8. The topological polar surface area (TPSA) is 16.4 Å². The zero-order valence-electron chi connectivity index (χ0n) is 27.7. The van der Waals surface area contributed by atoms with Gasteiger partial charge in [-0.2, -0.15) is 0 Å². The number of allylic oxidation sites excluding steroid dienone is 1. The van der Waals surface area contributed by atoms with Crippen LogP contribution in [0.2, 0.25) is 0 Å². The Morgan fingerprint density at radius 2 is 0.880 bits per heavy atom. The van der Waals surface area contributed by atoms with Gasteiger partial charge >= 0.3 is 0 Å². The van der Waals surface area contributed by atoms with Crippen LogP contribution < -0.4 is 4.90 Å². The van der Waals surface area contributed by atoms with Gasteiger partial charge in [0.15, 0.2) is 0 Å². The molecule has 0 aliphatic heterocycles. The number of anilines is 3. The maximum absolute atomic E-state index is 6.71. The number of nitrogens with zero attached hydrogens (tertiary/aromatic N) is 1. The molecule has 1 aromatic heterocycles. The van der Waals surface area contributed by atoms with Crippen molar-refractivity contribution in [2.75, 3.05) is 4.90 Å². The van der Waals surface area contributed by atoms with E-state index in [1.54, 1.807) is 0 Å². The van der Waals surface area contributed by atoms with Gasteiger partial charge in [-0.05, 0) is 82.6 Å². The summed E-state index contributed by atoms with van der Waals surface area (Å²) in [4.78, 5) is 2.29. The Labute approximate surface area is 293 Å². The second-order valence-electron chi connectivity index (χ2n) is 12.8. The summed E-state index contributed by atoms with van der Waals surface area (Å²) in [7, 11) is 0. The molecule has 0 fully saturated rings. The summed E-state index contributed by atoms with van der Waals surface area (Å²) in [5.74, 6) is 1.01. The highest BCUT2D eigenvalue weighted by atomic mass is 16.3. The molecule has 1 aliphatic carbocycles. The number of hydrogen-bond donors (Lipinski definition) is 0. The van der Waals surface area contributed by atoms with E-state index in [1.807, 2.05) is 0 Å². The van der Waals surface area contributed by atoms with Gasteiger partial charge in [0.1, 0.15) is 11.3 Å². The van der Waals surface area contributed by atoms with Crippen molar-refractivity contribution in [3.63, 3.8) is 0 Å². The fourth-order valence-corrected chi connectivity index (χ4v) is 7.29. The minimum absolute atomic E-state index is 0.972. The molecular weight excluding hydrogens is 607 g/mol. The highest BCUT2D eigenvalue weighted by Gasteiger charge is 2.23. The van der Waals surface area contributed by atoms with Gasteiger partial charge in [0.05, 0.1) is 0 Å². The van der Waals surface area contributed by atoms with Gasteiger partial charge in [0.25, 0.3) is 0 Å². The minimum atomic E-state index is 0.972. The number of aryl methyl sites for hydroxylation is 1. The lowest BCUT2D eigenvalue weighted by molar-refractivity contribution is 0.592. The lowest BCUT2D eigenvalue weighted by Crippen LogP contribution is -2.09.